The quantitative estimate of drug-likeness (QED) is 0.746. The van der Waals surface area contributed by atoms with Crippen LogP contribution in [0.4, 0.5) is 0 Å². The van der Waals surface area contributed by atoms with Crippen molar-refractivity contribution in [1.82, 2.24) is 4.98 Å². The average Bonchev–Trinajstić information content (AvgIpc) is 2.35. The number of nitrogens with zero attached hydrogens (tertiary/aromatic N) is 1. The molecule has 2 nitrogen and oxygen atoms in total. The van der Waals surface area contributed by atoms with Crippen molar-refractivity contribution in [2.24, 2.45) is 0 Å². The lowest BCUT2D eigenvalue weighted by molar-refractivity contribution is 0.414. The molecule has 0 saturated carbocycles. The van der Waals surface area contributed by atoms with Gasteiger partial charge in [0.15, 0.2) is 0 Å². The normalized spacial score (nSPS) is 10.4. The Morgan fingerprint density at radius 1 is 1.06 bits per heavy atom. The lowest BCUT2D eigenvalue weighted by Gasteiger charge is -2.06. The predicted molar refractivity (Wildman–Crippen MR) is 71.3 cm³/mol. The number of pyridine rings is 1. The zero-order valence-electron chi connectivity index (χ0n) is 8.88. The third-order valence-electron chi connectivity index (χ3n) is 2.25. The van der Waals surface area contributed by atoms with Gasteiger partial charge in [0.2, 0.25) is 0 Å². The maximum atomic E-state index is 5.97. The van der Waals surface area contributed by atoms with Gasteiger partial charge in [-0.15, -0.1) is 0 Å². The zero-order chi connectivity index (χ0) is 12.4. The Kier molecular flexibility index (Phi) is 3.77. The van der Waals surface area contributed by atoms with E-state index in [-0.39, 0.29) is 0 Å². The molecule has 0 spiro atoms. The number of methoxy groups -OCH3 is 1. The van der Waals surface area contributed by atoms with Crippen molar-refractivity contribution in [3.8, 4) is 17.0 Å². The molecule has 1 aromatic heterocycles. The Hall–Kier alpha value is -0.960. The second kappa shape index (κ2) is 5.13. The first kappa shape index (κ1) is 12.5. The second-order valence-electron chi connectivity index (χ2n) is 3.33. The van der Waals surface area contributed by atoms with Crippen LogP contribution in [0.25, 0.3) is 11.3 Å². The molecule has 88 valence electrons. The summed E-state index contributed by atoms with van der Waals surface area (Å²) in [4.78, 5) is 4.23. The van der Waals surface area contributed by atoms with Crippen molar-refractivity contribution < 1.29 is 4.74 Å². The zero-order valence-corrected chi connectivity index (χ0v) is 11.1. The van der Waals surface area contributed by atoms with Crippen LogP contribution < -0.4 is 4.74 Å². The van der Waals surface area contributed by atoms with E-state index in [4.69, 9.17) is 39.5 Å². The Balaban J connectivity index is 2.52. The van der Waals surface area contributed by atoms with Crippen LogP contribution in [0.2, 0.25) is 15.1 Å². The molecule has 2 rings (SSSR count). The van der Waals surface area contributed by atoms with Gasteiger partial charge in [0.25, 0.3) is 0 Å². The summed E-state index contributed by atoms with van der Waals surface area (Å²) in [5.74, 6) is 0.720. The molecule has 0 amide bonds. The molecule has 17 heavy (non-hydrogen) atoms. The maximum Gasteiger partial charge on any atom is 0.122 e. The van der Waals surface area contributed by atoms with Crippen LogP contribution in [-0.2, 0) is 0 Å². The van der Waals surface area contributed by atoms with Crippen LogP contribution in [-0.4, -0.2) is 12.1 Å². The number of rotatable bonds is 2. The summed E-state index contributed by atoms with van der Waals surface area (Å²) in [5.41, 5.74) is 1.52. The summed E-state index contributed by atoms with van der Waals surface area (Å²) < 4.78 is 5.13. The van der Waals surface area contributed by atoms with Gasteiger partial charge in [0.05, 0.1) is 27.9 Å². The lowest BCUT2D eigenvalue weighted by Crippen LogP contribution is -1.87. The summed E-state index contributed by atoms with van der Waals surface area (Å²) in [7, 11) is 1.60. The molecular weight excluding hydrogens is 280 g/mol. The molecular formula is C12H8Cl3NO. The van der Waals surface area contributed by atoms with Gasteiger partial charge in [-0.3, -0.25) is 4.98 Å². The van der Waals surface area contributed by atoms with Crippen LogP contribution in [0.5, 0.6) is 5.75 Å². The number of benzene rings is 1. The molecule has 0 atom stereocenters. The smallest absolute Gasteiger partial charge is 0.122 e. The summed E-state index contributed by atoms with van der Waals surface area (Å²) in [5, 5.41) is 1.15. The van der Waals surface area contributed by atoms with Gasteiger partial charge in [-0.05, 0) is 18.2 Å². The van der Waals surface area contributed by atoms with E-state index in [0.717, 1.165) is 17.0 Å². The minimum atomic E-state index is 0.347. The highest BCUT2D eigenvalue weighted by Crippen LogP contribution is 2.35. The molecule has 0 N–H and O–H groups in total. The third-order valence-corrected chi connectivity index (χ3v) is 3.44. The van der Waals surface area contributed by atoms with Gasteiger partial charge >= 0.3 is 0 Å². The number of aromatic nitrogens is 1. The largest absolute Gasteiger partial charge is 0.497 e. The lowest BCUT2D eigenvalue weighted by atomic mass is 10.1. The Labute approximate surface area is 114 Å². The molecule has 0 saturated heterocycles. The van der Waals surface area contributed by atoms with Crippen molar-refractivity contribution >= 4 is 34.8 Å². The average molecular weight is 289 g/mol. The maximum absolute atomic E-state index is 5.97. The van der Waals surface area contributed by atoms with Crippen molar-refractivity contribution in [2.75, 3.05) is 7.11 Å². The Morgan fingerprint density at radius 3 is 2.29 bits per heavy atom. The molecule has 0 radical (unpaired) electrons. The monoisotopic (exact) mass is 287 g/mol. The number of ether oxygens (including phenoxy) is 1. The first-order chi connectivity index (χ1) is 8.11. The van der Waals surface area contributed by atoms with E-state index in [1.165, 1.54) is 0 Å². The minimum absolute atomic E-state index is 0.347. The van der Waals surface area contributed by atoms with E-state index in [1.54, 1.807) is 37.6 Å². The van der Waals surface area contributed by atoms with Crippen LogP contribution in [0.15, 0.2) is 30.5 Å². The van der Waals surface area contributed by atoms with E-state index < -0.39 is 0 Å². The minimum Gasteiger partial charge on any atom is -0.497 e. The van der Waals surface area contributed by atoms with Gasteiger partial charge in [0.1, 0.15) is 5.75 Å². The summed E-state index contributed by atoms with van der Waals surface area (Å²) in [6.45, 7) is 0. The summed E-state index contributed by atoms with van der Waals surface area (Å²) in [6, 6.07) is 7.01. The van der Waals surface area contributed by atoms with E-state index in [0.29, 0.717) is 15.1 Å². The van der Waals surface area contributed by atoms with E-state index >= 15 is 0 Å². The highest BCUT2D eigenvalue weighted by atomic mass is 35.5. The van der Waals surface area contributed by atoms with Crippen LogP contribution in [0.1, 0.15) is 0 Å². The summed E-state index contributed by atoms with van der Waals surface area (Å²) >= 11 is 17.8. The highest BCUT2D eigenvalue weighted by Gasteiger charge is 2.08. The van der Waals surface area contributed by atoms with Crippen LogP contribution >= 0.6 is 34.8 Å². The molecule has 5 heteroatoms. The predicted octanol–water partition coefficient (Wildman–Crippen LogP) is 4.72. The molecule has 0 aliphatic carbocycles. The van der Waals surface area contributed by atoms with Gasteiger partial charge in [-0.25, -0.2) is 0 Å². The van der Waals surface area contributed by atoms with Gasteiger partial charge in [-0.1, -0.05) is 34.8 Å². The summed E-state index contributed by atoms with van der Waals surface area (Å²) in [6.07, 6.45) is 1.66. The number of hydrogen-bond donors (Lipinski definition) is 0. The van der Waals surface area contributed by atoms with Crippen LogP contribution in [0.3, 0.4) is 0 Å². The second-order valence-corrected chi connectivity index (χ2v) is 4.53. The third kappa shape index (κ3) is 2.65. The van der Waals surface area contributed by atoms with E-state index in [9.17, 15) is 0 Å². The topological polar surface area (TPSA) is 22.1 Å². The first-order valence-electron chi connectivity index (χ1n) is 4.77. The van der Waals surface area contributed by atoms with Crippen molar-refractivity contribution in [2.45, 2.75) is 0 Å². The molecule has 0 unspecified atom stereocenters. The first-order valence-corrected chi connectivity index (χ1v) is 5.90. The van der Waals surface area contributed by atoms with Crippen LogP contribution in [0, 0.1) is 0 Å². The van der Waals surface area contributed by atoms with Gasteiger partial charge in [-0.2, -0.15) is 0 Å². The molecule has 0 aliphatic heterocycles. The van der Waals surface area contributed by atoms with E-state index in [2.05, 4.69) is 4.98 Å². The highest BCUT2D eigenvalue weighted by molar-refractivity contribution is 6.48. The molecule has 0 aliphatic rings. The van der Waals surface area contributed by atoms with Crippen molar-refractivity contribution in [1.29, 1.82) is 0 Å². The molecule has 0 fully saturated rings. The molecule has 0 bridgehead atoms. The Morgan fingerprint density at radius 2 is 1.71 bits per heavy atom. The van der Waals surface area contributed by atoms with Crippen molar-refractivity contribution in [3.05, 3.63) is 45.5 Å². The SMILES string of the molecule is COc1ccnc(-c2cc(Cl)c(Cl)c(Cl)c2)c1. The van der Waals surface area contributed by atoms with E-state index in [1.807, 2.05) is 0 Å². The fraction of sp³-hybridized carbons (Fsp3) is 0.0833. The Bertz CT molecular complexity index is 534. The number of halogens is 3. The van der Waals surface area contributed by atoms with Gasteiger partial charge < -0.3 is 4.74 Å². The number of hydrogen-bond acceptors (Lipinski definition) is 2. The fourth-order valence-corrected chi connectivity index (χ4v) is 2.00. The molecule has 1 aromatic carbocycles. The van der Waals surface area contributed by atoms with Gasteiger partial charge in [0, 0.05) is 17.8 Å². The molecule has 2 aromatic rings. The molecule has 1 heterocycles. The standard InChI is InChI=1S/C12H8Cl3NO/c1-17-8-2-3-16-11(6-8)7-4-9(13)12(15)10(14)5-7/h2-6H,1H3. The van der Waals surface area contributed by atoms with Crippen molar-refractivity contribution in [3.63, 3.8) is 0 Å². The fourth-order valence-electron chi connectivity index (χ4n) is 1.40.